The number of ether oxygens (including phenoxy) is 1. The van der Waals surface area contributed by atoms with E-state index in [2.05, 4.69) is 24.0 Å². The van der Waals surface area contributed by atoms with E-state index in [-0.39, 0.29) is 12.0 Å². The Hall–Kier alpha value is -1.24. The number of likely N-dealkylation sites (tertiary alicyclic amines) is 1. The van der Waals surface area contributed by atoms with Gasteiger partial charge in [0.25, 0.3) is 5.22 Å². The van der Waals surface area contributed by atoms with Gasteiger partial charge >= 0.3 is 6.09 Å². The predicted octanol–water partition coefficient (Wildman–Crippen LogP) is 3.68. The van der Waals surface area contributed by atoms with Gasteiger partial charge in [0.15, 0.2) is 0 Å². The lowest BCUT2D eigenvalue weighted by Gasteiger charge is -2.32. The molecule has 0 atom stereocenters. The number of thioether (sulfide) groups is 1. The van der Waals surface area contributed by atoms with Gasteiger partial charge in [-0.2, -0.15) is 0 Å². The summed E-state index contributed by atoms with van der Waals surface area (Å²) >= 11 is 1.57. The molecule has 22 heavy (non-hydrogen) atoms. The van der Waals surface area contributed by atoms with E-state index in [9.17, 15) is 4.79 Å². The third-order valence-corrected chi connectivity index (χ3v) is 4.09. The van der Waals surface area contributed by atoms with Crippen LogP contribution < -0.4 is 0 Å². The normalized spacial score (nSPS) is 17.1. The van der Waals surface area contributed by atoms with E-state index in [1.807, 2.05) is 20.8 Å². The Morgan fingerprint density at radius 2 is 1.95 bits per heavy atom. The smallest absolute Gasteiger partial charge is 0.410 e. The maximum atomic E-state index is 12.0. The lowest BCUT2D eigenvalue weighted by molar-refractivity contribution is 0.0198. The molecule has 0 spiro atoms. The standard InChI is InChI=1S/C15H25N3O3S/c1-10(2)22-13-17-16-12(20-13)11-6-8-18(9-7-11)14(19)21-15(3,4)5/h10-11H,6-9H2,1-5H3. The van der Waals surface area contributed by atoms with E-state index in [4.69, 9.17) is 9.15 Å². The fraction of sp³-hybridized carbons (Fsp3) is 0.800. The zero-order chi connectivity index (χ0) is 16.3. The summed E-state index contributed by atoms with van der Waals surface area (Å²) in [5, 5.41) is 9.27. The van der Waals surface area contributed by atoms with Crippen LogP contribution in [0.1, 0.15) is 59.3 Å². The molecule has 1 aliphatic heterocycles. The summed E-state index contributed by atoms with van der Waals surface area (Å²) in [5.74, 6) is 0.916. The molecule has 0 saturated carbocycles. The highest BCUT2D eigenvalue weighted by molar-refractivity contribution is 7.99. The number of piperidine rings is 1. The van der Waals surface area contributed by atoms with E-state index in [1.54, 1.807) is 16.7 Å². The van der Waals surface area contributed by atoms with Crippen molar-refractivity contribution >= 4 is 17.9 Å². The van der Waals surface area contributed by atoms with Crippen LogP contribution in [0.5, 0.6) is 0 Å². The molecule has 0 aromatic carbocycles. The highest BCUT2D eigenvalue weighted by Gasteiger charge is 2.29. The Morgan fingerprint density at radius 1 is 1.32 bits per heavy atom. The number of hydrogen-bond donors (Lipinski definition) is 0. The van der Waals surface area contributed by atoms with Gasteiger partial charge in [0, 0.05) is 24.3 Å². The van der Waals surface area contributed by atoms with E-state index in [1.165, 1.54) is 0 Å². The third-order valence-electron chi connectivity index (χ3n) is 3.25. The Labute approximate surface area is 136 Å². The van der Waals surface area contributed by atoms with Gasteiger partial charge in [-0.3, -0.25) is 0 Å². The Bertz CT molecular complexity index is 502. The molecule has 124 valence electrons. The van der Waals surface area contributed by atoms with Crippen molar-refractivity contribution in [2.45, 2.75) is 69.5 Å². The second kappa shape index (κ2) is 6.89. The second-order valence-electron chi connectivity index (χ2n) is 6.81. The largest absolute Gasteiger partial charge is 0.444 e. The molecule has 1 fully saturated rings. The molecule has 1 aliphatic rings. The predicted molar refractivity (Wildman–Crippen MR) is 85.1 cm³/mol. The van der Waals surface area contributed by atoms with Crippen molar-refractivity contribution in [3.63, 3.8) is 0 Å². The molecule has 1 aromatic rings. The van der Waals surface area contributed by atoms with Crippen LogP contribution in [-0.2, 0) is 4.74 Å². The van der Waals surface area contributed by atoms with Gasteiger partial charge < -0.3 is 14.1 Å². The summed E-state index contributed by atoms with van der Waals surface area (Å²) < 4.78 is 11.1. The van der Waals surface area contributed by atoms with Gasteiger partial charge in [-0.25, -0.2) is 4.79 Å². The van der Waals surface area contributed by atoms with Gasteiger partial charge in [0.1, 0.15) is 5.60 Å². The lowest BCUT2D eigenvalue weighted by atomic mass is 9.97. The van der Waals surface area contributed by atoms with Crippen LogP contribution in [0.25, 0.3) is 0 Å². The first-order chi connectivity index (χ1) is 10.2. The first kappa shape index (κ1) is 17.1. The van der Waals surface area contributed by atoms with E-state index in [0.717, 1.165) is 12.8 Å². The number of amides is 1. The highest BCUT2D eigenvalue weighted by atomic mass is 32.2. The number of rotatable bonds is 3. The van der Waals surface area contributed by atoms with Crippen molar-refractivity contribution in [1.29, 1.82) is 0 Å². The molecule has 2 rings (SSSR count). The minimum atomic E-state index is -0.455. The monoisotopic (exact) mass is 327 g/mol. The summed E-state index contributed by atoms with van der Waals surface area (Å²) in [6.07, 6.45) is 1.41. The van der Waals surface area contributed by atoms with Gasteiger partial charge in [-0.1, -0.05) is 25.6 Å². The molecule has 1 saturated heterocycles. The van der Waals surface area contributed by atoms with Crippen LogP contribution in [0, 0.1) is 0 Å². The molecule has 6 nitrogen and oxygen atoms in total. The summed E-state index contributed by atoms with van der Waals surface area (Å²) in [6, 6.07) is 0. The number of carbonyl (C=O) groups excluding carboxylic acids is 1. The molecular formula is C15H25N3O3S. The Balaban J connectivity index is 1.86. The third kappa shape index (κ3) is 4.90. The van der Waals surface area contributed by atoms with Crippen molar-refractivity contribution in [3.8, 4) is 0 Å². The molecule has 1 aromatic heterocycles. The topological polar surface area (TPSA) is 68.5 Å². The second-order valence-corrected chi connectivity index (χ2v) is 8.34. The number of hydrogen-bond acceptors (Lipinski definition) is 6. The van der Waals surface area contributed by atoms with E-state index < -0.39 is 5.60 Å². The number of carbonyl (C=O) groups is 1. The SMILES string of the molecule is CC(C)Sc1nnc(C2CCN(C(=O)OC(C)(C)C)CC2)o1. The van der Waals surface area contributed by atoms with Crippen LogP contribution in [0.15, 0.2) is 9.64 Å². The quantitative estimate of drug-likeness (QED) is 0.789. The number of nitrogens with zero attached hydrogens (tertiary/aromatic N) is 3. The minimum Gasteiger partial charge on any atom is -0.444 e. The van der Waals surface area contributed by atoms with Crippen LogP contribution in [0.3, 0.4) is 0 Å². The van der Waals surface area contributed by atoms with Gasteiger partial charge in [-0.15, -0.1) is 10.2 Å². The first-order valence-corrected chi connectivity index (χ1v) is 8.60. The average Bonchev–Trinajstić information content (AvgIpc) is 2.84. The van der Waals surface area contributed by atoms with Gasteiger partial charge in [0.05, 0.1) is 0 Å². The maximum absolute atomic E-state index is 12.0. The van der Waals surface area contributed by atoms with Crippen LogP contribution in [0.4, 0.5) is 4.79 Å². The van der Waals surface area contributed by atoms with Crippen molar-refractivity contribution in [1.82, 2.24) is 15.1 Å². The minimum absolute atomic E-state index is 0.229. The van der Waals surface area contributed by atoms with Gasteiger partial charge in [-0.05, 0) is 33.6 Å². The van der Waals surface area contributed by atoms with Gasteiger partial charge in [0.2, 0.25) is 5.89 Å². The van der Waals surface area contributed by atoms with E-state index >= 15 is 0 Å². The zero-order valence-corrected chi connectivity index (χ0v) is 14.8. The first-order valence-electron chi connectivity index (χ1n) is 7.72. The molecular weight excluding hydrogens is 302 g/mol. The Morgan fingerprint density at radius 3 is 2.50 bits per heavy atom. The number of aromatic nitrogens is 2. The van der Waals surface area contributed by atoms with Crippen molar-refractivity contribution in [2.24, 2.45) is 0 Å². The maximum Gasteiger partial charge on any atom is 0.410 e. The van der Waals surface area contributed by atoms with Crippen LogP contribution >= 0.6 is 11.8 Å². The summed E-state index contributed by atoms with van der Waals surface area (Å²) in [5.41, 5.74) is -0.455. The summed E-state index contributed by atoms with van der Waals surface area (Å²) in [6.45, 7) is 11.1. The zero-order valence-electron chi connectivity index (χ0n) is 14.0. The Kier molecular flexibility index (Phi) is 5.36. The van der Waals surface area contributed by atoms with Crippen molar-refractivity contribution < 1.29 is 13.9 Å². The highest BCUT2D eigenvalue weighted by Crippen LogP contribution is 2.30. The lowest BCUT2D eigenvalue weighted by Crippen LogP contribution is -2.41. The molecule has 0 aliphatic carbocycles. The molecule has 0 radical (unpaired) electrons. The average molecular weight is 327 g/mol. The molecule has 2 heterocycles. The molecule has 7 heteroatoms. The van der Waals surface area contributed by atoms with Crippen molar-refractivity contribution in [2.75, 3.05) is 13.1 Å². The van der Waals surface area contributed by atoms with Crippen LogP contribution in [-0.4, -0.2) is 45.1 Å². The molecule has 1 amide bonds. The summed E-state index contributed by atoms with van der Waals surface area (Å²) in [4.78, 5) is 13.8. The summed E-state index contributed by atoms with van der Waals surface area (Å²) in [7, 11) is 0. The molecule has 0 N–H and O–H groups in total. The fourth-order valence-corrected chi connectivity index (χ4v) is 2.89. The van der Waals surface area contributed by atoms with Crippen molar-refractivity contribution in [3.05, 3.63) is 5.89 Å². The fourth-order valence-electron chi connectivity index (χ4n) is 2.27. The van der Waals surface area contributed by atoms with E-state index in [0.29, 0.717) is 29.5 Å². The molecule has 0 unspecified atom stereocenters. The molecule has 0 bridgehead atoms. The van der Waals surface area contributed by atoms with Crippen LogP contribution in [0.2, 0.25) is 0 Å².